The molecule has 0 atom stereocenters. The summed E-state index contributed by atoms with van der Waals surface area (Å²) in [4.78, 5) is 2.76. The molecule has 2 heteroatoms. The minimum Gasteiger partial charge on any atom is -0.329 e. The van der Waals surface area contributed by atoms with Crippen LogP contribution in [-0.4, -0.2) is 30.1 Å². The summed E-state index contributed by atoms with van der Waals surface area (Å²) in [5, 5.41) is 0. The molecule has 21 heavy (non-hydrogen) atoms. The highest BCUT2D eigenvalue weighted by atomic mass is 15.2. The number of rotatable bonds is 8. The van der Waals surface area contributed by atoms with E-state index in [0.29, 0.717) is 5.41 Å². The van der Waals surface area contributed by atoms with Crippen molar-refractivity contribution in [3.8, 4) is 0 Å². The quantitative estimate of drug-likeness (QED) is 0.705. The second-order valence-corrected chi connectivity index (χ2v) is 8.32. The van der Waals surface area contributed by atoms with Gasteiger partial charge < -0.3 is 5.73 Å². The third-order valence-electron chi connectivity index (χ3n) is 5.95. The van der Waals surface area contributed by atoms with Gasteiger partial charge in [-0.2, -0.15) is 0 Å². The van der Waals surface area contributed by atoms with Gasteiger partial charge in [0, 0.05) is 12.1 Å². The van der Waals surface area contributed by atoms with E-state index < -0.39 is 0 Å². The van der Waals surface area contributed by atoms with Gasteiger partial charge in [0.15, 0.2) is 0 Å². The van der Waals surface area contributed by atoms with Gasteiger partial charge in [-0.25, -0.2) is 0 Å². The van der Waals surface area contributed by atoms with Crippen LogP contribution < -0.4 is 5.73 Å². The minimum absolute atomic E-state index is 0.232. The van der Waals surface area contributed by atoms with Crippen LogP contribution in [0.5, 0.6) is 0 Å². The molecule has 1 heterocycles. The fourth-order valence-electron chi connectivity index (χ4n) is 4.57. The molecule has 1 fully saturated rings. The van der Waals surface area contributed by atoms with E-state index in [1.54, 1.807) is 0 Å². The molecule has 0 bridgehead atoms. The average Bonchev–Trinajstić information content (AvgIpc) is 2.45. The summed E-state index contributed by atoms with van der Waals surface area (Å²) in [5.74, 6) is 1.44. The van der Waals surface area contributed by atoms with Crippen LogP contribution in [0.4, 0.5) is 0 Å². The Morgan fingerprint density at radius 3 is 1.67 bits per heavy atom. The van der Waals surface area contributed by atoms with Gasteiger partial charge in [0.2, 0.25) is 0 Å². The second-order valence-electron chi connectivity index (χ2n) is 8.32. The highest BCUT2D eigenvalue weighted by Crippen LogP contribution is 2.41. The van der Waals surface area contributed by atoms with E-state index in [1.807, 2.05) is 0 Å². The smallest absolute Gasteiger partial charge is 0.0336 e. The predicted octanol–water partition coefficient (Wildman–Crippen LogP) is 4.68. The third-order valence-corrected chi connectivity index (χ3v) is 5.95. The molecule has 2 N–H and O–H groups in total. The van der Waals surface area contributed by atoms with Gasteiger partial charge in [0.1, 0.15) is 0 Å². The first kappa shape index (κ1) is 19.0. The Morgan fingerprint density at radius 1 is 0.952 bits per heavy atom. The summed E-state index contributed by atoms with van der Waals surface area (Å²) in [7, 11) is 0. The predicted molar refractivity (Wildman–Crippen MR) is 94.5 cm³/mol. The van der Waals surface area contributed by atoms with Crippen LogP contribution in [0.15, 0.2) is 0 Å². The number of nitrogens with zero attached hydrogens (tertiary/aromatic N) is 1. The molecule has 126 valence electrons. The normalized spacial score (nSPS) is 20.4. The van der Waals surface area contributed by atoms with Crippen LogP contribution >= 0.6 is 0 Å². The molecular weight excluding hydrogens is 256 g/mol. The molecule has 2 nitrogen and oxygen atoms in total. The summed E-state index contributed by atoms with van der Waals surface area (Å²) in [6.07, 6.45) is 7.87. The summed E-state index contributed by atoms with van der Waals surface area (Å²) in [6.45, 7) is 17.4. The van der Waals surface area contributed by atoms with Crippen LogP contribution in [0.2, 0.25) is 0 Å². The van der Waals surface area contributed by atoms with Gasteiger partial charge in [-0.15, -0.1) is 0 Å². The first-order valence-electron chi connectivity index (χ1n) is 9.28. The van der Waals surface area contributed by atoms with Crippen LogP contribution in [0, 0.1) is 17.3 Å². The van der Waals surface area contributed by atoms with Crippen LogP contribution in [-0.2, 0) is 0 Å². The van der Waals surface area contributed by atoms with Crippen molar-refractivity contribution in [2.24, 2.45) is 23.0 Å². The molecule has 1 rings (SSSR count). The summed E-state index contributed by atoms with van der Waals surface area (Å²) in [6, 6.07) is 0. The Bertz CT molecular complexity index is 272. The number of piperidine rings is 1. The maximum absolute atomic E-state index is 6.33. The van der Waals surface area contributed by atoms with Crippen molar-refractivity contribution in [3.63, 3.8) is 0 Å². The van der Waals surface area contributed by atoms with Crippen LogP contribution in [0.25, 0.3) is 0 Å². The third kappa shape index (κ3) is 4.69. The van der Waals surface area contributed by atoms with Crippen LogP contribution in [0.1, 0.15) is 80.1 Å². The van der Waals surface area contributed by atoms with Gasteiger partial charge in [-0.3, -0.25) is 4.90 Å². The number of hydrogen-bond donors (Lipinski definition) is 1. The molecule has 1 saturated heterocycles. The molecule has 0 aromatic heterocycles. The van der Waals surface area contributed by atoms with E-state index in [-0.39, 0.29) is 5.54 Å². The zero-order valence-electron chi connectivity index (χ0n) is 15.5. The lowest BCUT2D eigenvalue weighted by Crippen LogP contribution is -2.58. The highest BCUT2D eigenvalue weighted by molar-refractivity contribution is 4.97. The standard InChI is InChI=1S/C19H40N2/c1-7-18(8-2)9-11-21(12-10-18)19(15-20,13-16(3)4)14-17(5)6/h16-17H,7-15,20H2,1-6H3. The first-order valence-corrected chi connectivity index (χ1v) is 9.28. The number of hydrogen-bond acceptors (Lipinski definition) is 2. The zero-order chi connectivity index (χ0) is 16.1. The van der Waals surface area contributed by atoms with E-state index in [2.05, 4.69) is 46.4 Å². The van der Waals surface area contributed by atoms with Crippen molar-refractivity contribution in [1.82, 2.24) is 4.90 Å². The van der Waals surface area contributed by atoms with Gasteiger partial charge in [-0.1, -0.05) is 54.4 Å². The average molecular weight is 297 g/mol. The Hall–Kier alpha value is -0.0800. The molecule has 0 saturated carbocycles. The van der Waals surface area contributed by atoms with E-state index in [4.69, 9.17) is 5.73 Å². The molecule has 0 aliphatic carbocycles. The lowest BCUT2D eigenvalue weighted by atomic mass is 9.71. The number of nitrogens with two attached hydrogens (primary N) is 1. The van der Waals surface area contributed by atoms with Crippen molar-refractivity contribution in [1.29, 1.82) is 0 Å². The largest absolute Gasteiger partial charge is 0.329 e. The van der Waals surface area contributed by atoms with Crippen molar-refractivity contribution in [3.05, 3.63) is 0 Å². The van der Waals surface area contributed by atoms with E-state index in [9.17, 15) is 0 Å². The minimum atomic E-state index is 0.232. The van der Waals surface area contributed by atoms with Crippen molar-refractivity contribution >= 4 is 0 Å². The van der Waals surface area contributed by atoms with E-state index >= 15 is 0 Å². The summed E-state index contributed by atoms with van der Waals surface area (Å²) >= 11 is 0. The molecule has 0 spiro atoms. The fourth-order valence-corrected chi connectivity index (χ4v) is 4.57. The Morgan fingerprint density at radius 2 is 1.38 bits per heavy atom. The molecule has 1 aliphatic heterocycles. The molecule has 0 aromatic rings. The van der Waals surface area contributed by atoms with Crippen molar-refractivity contribution < 1.29 is 0 Å². The maximum atomic E-state index is 6.33. The molecule has 0 radical (unpaired) electrons. The lowest BCUT2D eigenvalue weighted by molar-refractivity contribution is -0.00557. The Kier molecular flexibility index (Phi) is 7.19. The van der Waals surface area contributed by atoms with E-state index in [0.717, 1.165) is 18.4 Å². The molecule has 1 aliphatic rings. The highest BCUT2D eigenvalue weighted by Gasteiger charge is 2.41. The second kappa shape index (κ2) is 7.97. The van der Waals surface area contributed by atoms with Crippen molar-refractivity contribution in [2.45, 2.75) is 85.6 Å². The number of likely N-dealkylation sites (tertiary alicyclic amines) is 1. The van der Waals surface area contributed by atoms with Gasteiger partial charge in [0.25, 0.3) is 0 Å². The molecular formula is C19H40N2. The molecule has 0 aromatic carbocycles. The zero-order valence-corrected chi connectivity index (χ0v) is 15.5. The first-order chi connectivity index (χ1) is 9.83. The Labute approximate surface area is 133 Å². The van der Waals surface area contributed by atoms with Crippen LogP contribution in [0.3, 0.4) is 0 Å². The lowest BCUT2D eigenvalue weighted by Gasteiger charge is -2.51. The fraction of sp³-hybridized carbons (Fsp3) is 1.00. The Balaban J connectivity index is 2.85. The monoisotopic (exact) mass is 296 g/mol. The summed E-state index contributed by atoms with van der Waals surface area (Å²) in [5.41, 5.74) is 7.16. The summed E-state index contributed by atoms with van der Waals surface area (Å²) < 4.78 is 0. The SMILES string of the molecule is CCC1(CC)CCN(C(CN)(CC(C)C)CC(C)C)CC1. The molecule has 0 unspecified atom stereocenters. The van der Waals surface area contributed by atoms with Crippen molar-refractivity contribution in [2.75, 3.05) is 19.6 Å². The molecule has 0 amide bonds. The maximum Gasteiger partial charge on any atom is 0.0336 e. The van der Waals surface area contributed by atoms with E-state index in [1.165, 1.54) is 51.6 Å². The van der Waals surface area contributed by atoms with Gasteiger partial charge in [0.05, 0.1) is 0 Å². The van der Waals surface area contributed by atoms with Gasteiger partial charge in [-0.05, 0) is 56.0 Å². The van der Waals surface area contributed by atoms with Gasteiger partial charge >= 0.3 is 0 Å². The topological polar surface area (TPSA) is 29.3 Å².